The zero-order valence-electron chi connectivity index (χ0n) is 12.5. The highest BCUT2D eigenvalue weighted by Gasteiger charge is 2.29. The molecule has 1 heterocycles. The number of hydrogen-bond donors (Lipinski definition) is 3. The van der Waals surface area contributed by atoms with Crippen molar-refractivity contribution in [1.82, 2.24) is 5.32 Å². The molecule has 7 heteroatoms. The monoisotopic (exact) mass is 307 g/mol. The van der Waals surface area contributed by atoms with Crippen molar-refractivity contribution in [3.8, 4) is 5.75 Å². The van der Waals surface area contributed by atoms with Crippen LogP contribution in [0.2, 0.25) is 0 Å². The second-order valence-corrected chi connectivity index (χ2v) is 5.04. The summed E-state index contributed by atoms with van der Waals surface area (Å²) in [5, 5.41) is 5.26. The number of ether oxygens (including phenoxy) is 2. The van der Waals surface area contributed by atoms with Gasteiger partial charge in [0.2, 0.25) is 0 Å². The predicted octanol–water partition coefficient (Wildman–Crippen LogP) is 0.256. The summed E-state index contributed by atoms with van der Waals surface area (Å²) in [6, 6.07) is 6.81. The minimum Gasteiger partial charge on any atom is -0.484 e. The van der Waals surface area contributed by atoms with E-state index in [2.05, 4.69) is 10.6 Å². The Kier molecular flexibility index (Phi) is 5.74. The van der Waals surface area contributed by atoms with Crippen LogP contribution < -0.4 is 21.1 Å². The lowest BCUT2D eigenvalue weighted by molar-refractivity contribution is -0.126. The molecule has 1 aliphatic rings. The van der Waals surface area contributed by atoms with Crippen LogP contribution in [0.25, 0.3) is 0 Å². The first-order chi connectivity index (χ1) is 10.6. The van der Waals surface area contributed by atoms with E-state index < -0.39 is 6.10 Å². The van der Waals surface area contributed by atoms with Crippen LogP contribution in [0.5, 0.6) is 5.75 Å². The third kappa shape index (κ3) is 4.44. The normalized spacial score (nSPS) is 20.5. The molecule has 1 aromatic rings. The van der Waals surface area contributed by atoms with Crippen molar-refractivity contribution < 1.29 is 19.1 Å². The van der Waals surface area contributed by atoms with Gasteiger partial charge in [0, 0.05) is 19.3 Å². The Morgan fingerprint density at radius 2 is 2.05 bits per heavy atom. The van der Waals surface area contributed by atoms with Gasteiger partial charge in [-0.2, -0.15) is 0 Å². The molecule has 0 radical (unpaired) electrons. The van der Waals surface area contributed by atoms with Crippen LogP contribution in [-0.4, -0.2) is 44.2 Å². The highest BCUT2D eigenvalue weighted by molar-refractivity contribution is 5.94. The Bertz CT molecular complexity index is 518. The number of carbonyl (C=O) groups is 2. The quantitative estimate of drug-likeness (QED) is 0.699. The number of benzene rings is 1. The number of likely N-dealkylation sites (N-methyl/N-ethyl adjacent to an activating group) is 1. The van der Waals surface area contributed by atoms with E-state index in [0.717, 1.165) is 6.42 Å². The summed E-state index contributed by atoms with van der Waals surface area (Å²) in [6.07, 6.45) is 1.01. The predicted molar refractivity (Wildman–Crippen MR) is 81.6 cm³/mol. The molecule has 1 fully saturated rings. The summed E-state index contributed by atoms with van der Waals surface area (Å²) >= 11 is 0. The van der Waals surface area contributed by atoms with Crippen molar-refractivity contribution in [2.24, 2.45) is 5.73 Å². The fourth-order valence-corrected chi connectivity index (χ4v) is 2.15. The maximum absolute atomic E-state index is 12.1. The summed E-state index contributed by atoms with van der Waals surface area (Å²) in [7, 11) is 1.55. The summed E-state index contributed by atoms with van der Waals surface area (Å²) in [6.45, 7) is 0.389. The van der Waals surface area contributed by atoms with Crippen LogP contribution in [0, 0.1) is 0 Å². The van der Waals surface area contributed by atoms with E-state index in [1.165, 1.54) is 0 Å². The number of anilines is 1. The Morgan fingerprint density at radius 3 is 2.64 bits per heavy atom. The Balaban J connectivity index is 1.83. The summed E-state index contributed by atoms with van der Waals surface area (Å²) < 4.78 is 10.8. The van der Waals surface area contributed by atoms with Gasteiger partial charge in [0.25, 0.3) is 11.8 Å². The number of amides is 2. The maximum Gasteiger partial charge on any atom is 0.257 e. The molecule has 0 unspecified atom stereocenters. The second kappa shape index (κ2) is 7.77. The average molecular weight is 307 g/mol. The van der Waals surface area contributed by atoms with Gasteiger partial charge in [-0.3, -0.25) is 9.59 Å². The van der Waals surface area contributed by atoms with Crippen LogP contribution >= 0.6 is 0 Å². The van der Waals surface area contributed by atoms with Gasteiger partial charge < -0.3 is 25.8 Å². The smallest absolute Gasteiger partial charge is 0.257 e. The zero-order chi connectivity index (χ0) is 15.9. The number of nitrogens with two attached hydrogens (primary N) is 1. The molecule has 4 N–H and O–H groups in total. The molecule has 2 atom stereocenters. The van der Waals surface area contributed by atoms with Gasteiger partial charge in [0.1, 0.15) is 11.9 Å². The fraction of sp³-hybridized carbons (Fsp3) is 0.467. The lowest BCUT2D eigenvalue weighted by Crippen LogP contribution is -2.29. The highest BCUT2D eigenvalue weighted by atomic mass is 16.5. The molecule has 1 aromatic carbocycles. The molecule has 22 heavy (non-hydrogen) atoms. The van der Waals surface area contributed by atoms with Crippen molar-refractivity contribution in [3.63, 3.8) is 0 Å². The molecule has 7 nitrogen and oxygen atoms in total. The number of hydrogen-bond acceptors (Lipinski definition) is 5. The molecular weight excluding hydrogens is 286 g/mol. The first kappa shape index (κ1) is 16.3. The van der Waals surface area contributed by atoms with E-state index in [-0.39, 0.29) is 24.5 Å². The van der Waals surface area contributed by atoms with Crippen LogP contribution in [0.4, 0.5) is 5.69 Å². The van der Waals surface area contributed by atoms with Crippen LogP contribution in [0.15, 0.2) is 24.3 Å². The molecular formula is C15H21N3O4. The molecule has 1 saturated heterocycles. The Morgan fingerprint density at radius 1 is 1.32 bits per heavy atom. The van der Waals surface area contributed by atoms with Crippen molar-refractivity contribution in [2.75, 3.05) is 25.5 Å². The Hall–Kier alpha value is -2.12. The van der Waals surface area contributed by atoms with E-state index in [1.54, 1.807) is 31.3 Å². The minimum atomic E-state index is -0.447. The third-order valence-corrected chi connectivity index (χ3v) is 3.43. The molecule has 2 amide bonds. The van der Waals surface area contributed by atoms with Crippen molar-refractivity contribution in [2.45, 2.75) is 25.0 Å². The number of nitrogens with one attached hydrogen (secondary N) is 2. The molecule has 2 rings (SSSR count). The van der Waals surface area contributed by atoms with Crippen LogP contribution in [0.1, 0.15) is 12.8 Å². The molecule has 120 valence electrons. The van der Waals surface area contributed by atoms with Crippen LogP contribution in [0.3, 0.4) is 0 Å². The van der Waals surface area contributed by atoms with E-state index in [4.69, 9.17) is 15.2 Å². The lowest BCUT2D eigenvalue weighted by atomic mass is 10.2. The van der Waals surface area contributed by atoms with Gasteiger partial charge in [-0.1, -0.05) is 0 Å². The molecule has 0 aliphatic carbocycles. The van der Waals surface area contributed by atoms with Gasteiger partial charge in [-0.15, -0.1) is 0 Å². The summed E-state index contributed by atoms with van der Waals surface area (Å²) in [5.74, 6) is 0.183. The maximum atomic E-state index is 12.1. The van der Waals surface area contributed by atoms with E-state index >= 15 is 0 Å². The average Bonchev–Trinajstić information content (AvgIpc) is 3.03. The number of carbonyl (C=O) groups excluding carboxylic acids is 2. The standard InChI is InChI=1S/C15H21N3O4/c1-17-14(19)9-21-11-4-2-10(3-5-11)18-15(20)13-7-6-12(8-16)22-13/h2-5,12-13H,6-9,16H2,1H3,(H,17,19)(H,18,20)/t12-,13+/m1/s1. The highest BCUT2D eigenvalue weighted by Crippen LogP contribution is 2.21. The molecule has 0 aromatic heterocycles. The fourth-order valence-electron chi connectivity index (χ4n) is 2.15. The van der Waals surface area contributed by atoms with Gasteiger partial charge in [0.05, 0.1) is 6.10 Å². The van der Waals surface area contributed by atoms with Crippen molar-refractivity contribution in [3.05, 3.63) is 24.3 Å². The van der Waals surface area contributed by atoms with Gasteiger partial charge in [0.15, 0.2) is 6.61 Å². The minimum absolute atomic E-state index is 0.0313. The lowest BCUT2D eigenvalue weighted by Gasteiger charge is -2.13. The molecule has 0 bridgehead atoms. The zero-order valence-corrected chi connectivity index (χ0v) is 12.5. The van der Waals surface area contributed by atoms with E-state index in [9.17, 15) is 9.59 Å². The van der Waals surface area contributed by atoms with Gasteiger partial charge >= 0.3 is 0 Å². The Labute approximate surface area is 129 Å². The first-order valence-corrected chi connectivity index (χ1v) is 7.22. The number of rotatable bonds is 6. The topological polar surface area (TPSA) is 103 Å². The second-order valence-electron chi connectivity index (χ2n) is 5.04. The summed E-state index contributed by atoms with van der Waals surface area (Å²) in [4.78, 5) is 23.1. The third-order valence-electron chi connectivity index (χ3n) is 3.43. The van der Waals surface area contributed by atoms with E-state index in [1.807, 2.05) is 0 Å². The van der Waals surface area contributed by atoms with Gasteiger partial charge in [-0.25, -0.2) is 0 Å². The largest absolute Gasteiger partial charge is 0.484 e. The summed E-state index contributed by atoms with van der Waals surface area (Å²) in [5.41, 5.74) is 6.18. The molecule has 0 spiro atoms. The first-order valence-electron chi connectivity index (χ1n) is 7.22. The van der Waals surface area contributed by atoms with Gasteiger partial charge in [-0.05, 0) is 37.1 Å². The van der Waals surface area contributed by atoms with Crippen molar-refractivity contribution in [1.29, 1.82) is 0 Å². The SMILES string of the molecule is CNC(=O)COc1ccc(NC(=O)[C@@H]2CC[C@H](CN)O2)cc1. The van der Waals surface area contributed by atoms with Crippen LogP contribution in [-0.2, 0) is 14.3 Å². The molecule has 0 saturated carbocycles. The van der Waals surface area contributed by atoms with Crippen molar-refractivity contribution >= 4 is 17.5 Å². The molecule has 1 aliphatic heterocycles. The van der Waals surface area contributed by atoms with E-state index in [0.29, 0.717) is 24.4 Å².